The van der Waals surface area contributed by atoms with Gasteiger partial charge in [-0.05, 0) is 74.8 Å². The van der Waals surface area contributed by atoms with Gasteiger partial charge >= 0.3 is 0 Å². The summed E-state index contributed by atoms with van der Waals surface area (Å²) >= 11 is 3.77. The minimum Gasteiger partial charge on any atom is -0.308 e. The van der Waals surface area contributed by atoms with E-state index in [9.17, 15) is 0 Å². The zero-order valence-corrected chi connectivity index (χ0v) is 30.3. The van der Waals surface area contributed by atoms with Crippen molar-refractivity contribution >= 4 is 102 Å². The van der Waals surface area contributed by atoms with Crippen LogP contribution in [0.4, 0.5) is 17.1 Å². The molecule has 0 radical (unpaired) electrons. The third-order valence-electron chi connectivity index (χ3n) is 10.7. The minimum atomic E-state index is 1.13. The highest BCUT2D eigenvalue weighted by atomic mass is 32.1. The van der Waals surface area contributed by atoms with Crippen molar-refractivity contribution in [1.82, 2.24) is 0 Å². The van der Waals surface area contributed by atoms with Crippen LogP contribution >= 0.6 is 22.7 Å². The lowest BCUT2D eigenvalue weighted by Crippen LogP contribution is -2.11. The van der Waals surface area contributed by atoms with E-state index in [4.69, 9.17) is 0 Å². The van der Waals surface area contributed by atoms with E-state index in [0.29, 0.717) is 0 Å². The monoisotopic (exact) mass is 709 g/mol. The summed E-state index contributed by atoms with van der Waals surface area (Å²) in [7, 11) is 0. The summed E-state index contributed by atoms with van der Waals surface area (Å²) < 4.78 is 5.24. The summed E-state index contributed by atoms with van der Waals surface area (Å²) in [5.74, 6) is 0. The van der Waals surface area contributed by atoms with E-state index >= 15 is 0 Å². The van der Waals surface area contributed by atoms with Crippen LogP contribution in [0.5, 0.6) is 0 Å². The van der Waals surface area contributed by atoms with Gasteiger partial charge in [-0.15, -0.1) is 22.7 Å². The molecule has 0 N–H and O–H groups in total. The number of hydrogen-bond donors (Lipinski definition) is 0. The molecule has 0 atom stereocenters. The van der Waals surface area contributed by atoms with E-state index in [-0.39, 0.29) is 0 Å². The predicted octanol–water partition coefficient (Wildman–Crippen LogP) is 15.5. The van der Waals surface area contributed by atoms with Crippen molar-refractivity contribution in [2.24, 2.45) is 0 Å². The molecule has 11 rings (SSSR count). The molecule has 3 heteroatoms. The average molecular weight is 710 g/mol. The van der Waals surface area contributed by atoms with Gasteiger partial charge in [0.05, 0.1) is 16.1 Å². The van der Waals surface area contributed by atoms with Gasteiger partial charge in [-0.3, -0.25) is 0 Å². The number of benzene rings is 9. The van der Waals surface area contributed by atoms with Gasteiger partial charge in [0.15, 0.2) is 0 Å². The summed E-state index contributed by atoms with van der Waals surface area (Å²) in [4.78, 5) is 2.51. The number of rotatable bonds is 5. The number of hydrogen-bond acceptors (Lipinski definition) is 3. The Kier molecular flexibility index (Phi) is 6.97. The summed E-state index contributed by atoms with van der Waals surface area (Å²) in [6.07, 6.45) is 0. The fourth-order valence-corrected chi connectivity index (χ4v) is 10.7. The molecule has 9 aromatic carbocycles. The predicted molar refractivity (Wildman–Crippen MR) is 233 cm³/mol. The second kappa shape index (κ2) is 12.2. The molecule has 0 saturated carbocycles. The molecule has 0 aliphatic heterocycles. The van der Waals surface area contributed by atoms with Crippen molar-refractivity contribution in [3.63, 3.8) is 0 Å². The second-order valence-corrected chi connectivity index (χ2v) is 15.7. The summed E-state index contributed by atoms with van der Waals surface area (Å²) in [5.41, 5.74) is 8.47. The maximum absolute atomic E-state index is 2.51. The zero-order chi connectivity index (χ0) is 34.9. The first-order valence-electron chi connectivity index (χ1n) is 18.0. The lowest BCUT2D eigenvalue weighted by atomic mass is 9.96. The molecule has 0 fully saturated rings. The van der Waals surface area contributed by atoms with Crippen LogP contribution in [0.2, 0.25) is 0 Å². The third-order valence-corrected chi connectivity index (χ3v) is 13.1. The maximum atomic E-state index is 2.51. The Morgan fingerprint density at radius 3 is 1.75 bits per heavy atom. The molecule has 0 aliphatic carbocycles. The highest BCUT2D eigenvalue weighted by molar-refractivity contribution is 7.26. The van der Waals surface area contributed by atoms with Gasteiger partial charge in [-0.25, -0.2) is 0 Å². The molecule has 2 aromatic heterocycles. The smallest absolute Gasteiger partial charge is 0.0641 e. The van der Waals surface area contributed by atoms with Gasteiger partial charge in [0.25, 0.3) is 0 Å². The highest BCUT2D eigenvalue weighted by Crippen LogP contribution is 2.50. The van der Waals surface area contributed by atoms with Crippen molar-refractivity contribution in [3.8, 4) is 22.3 Å². The van der Waals surface area contributed by atoms with E-state index in [1.807, 2.05) is 22.7 Å². The van der Waals surface area contributed by atoms with Crippen LogP contribution in [0.15, 0.2) is 188 Å². The Hall–Kier alpha value is -6.26. The Labute approximate surface area is 315 Å². The molecule has 53 heavy (non-hydrogen) atoms. The molecular formula is C50H31NS2. The summed E-state index contributed by atoms with van der Waals surface area (Å²) in [6, 6.07) is 69.1. The first-order chi connectivity index (χ1) is 26.3. The number of anilines is 3. The molecule has 11 aromatic rings. The van der Waals surface area contributed by atoms with Crippen LogP contribution < -0.4 is 4.90 Å². The standard InChI is InChI=1S/C50H31NS2/c1-2-13-32(14-3-1)37-29-30-44(50-48(37)43-20-9-11-24-47(43)53-50)51(45-31-34-15-4-5-16-36(34)39-17-6-7-18-40(39)45)35-27-25-33(26-28-35)38-21-12-22-42-41-19-8-10-23-46(41)52-49(38)42/h1-31H. The van der Waals surface area contributed by atoms with Crippen LogP contribution in [0, 0.1) is 0 Å². The van der Waals surface area contributed by atoms with Crippen LogP contribution in [0.25, 0.3) is 84.1 Å². The van der Waals surface area contributed by atoms with E-state index in [0.717, 1.165) is 5.69 Å². The topological polar surface area (TPSA) is 3.24 Å². The Balaban J connectivity index is 1.18. The Morgan fingerprint density at radius 1 is 0.340 bits per heavy atom. The lowest BCUT2D eigenvalue weighted by Gasteiger charge is -2.28. The Bertz CT molecular complexity index is 3170. The largest absolute Gasteiger partial charge is 0.308 e. The second-order valence-electron chi connectivity index (χ2n) is 13.6. The van der Waals surface area contributed by atoms with E-state index in [1.54, 1.807) is 0 Å². The van der Waals surface area contributed by atoms with Gasteiger partial charge in [0.1, 0.15) is 0 Å². The van der Waals surface area contributed by atoms with Crippen molar-refractivity contribution < 1.29 is 0 Å². The normalized spacial score (nSPS) is 11.8. The summed E-state index contributed by atoms with van der Waals surface area (Å²) in [6.45, 7) is 0. The molecule has 0 unspecified atom stereocenters. The van der Waals surface area contributed by atoms with Crippen molar-refractivity contribution in [1.29, 1.82) is 0 Å². The molecular weight excluding hydrogens is 679 g/mol. The number of fused-ring (bicyclic) bond motifs is 9. The first-order valence-corrected chi connectivity index (χ1v) is 19.6. The van der Waals surface area contributed by atoms with E-state index < -0.39 is 0 Å². The van der Waals surface area contributed by atoms with E-state index in [2.05, 4.69) is 193 Å². The fraction of sp³-hybridized carbons (Fsp3) is 0. The first kappa shape index (κ1) is 30.4. The van der Waals surface area contributed by atoms with Gasteiger partial charge in [0.2, 0.25) is 0 Å². The van der Waals surface area contributed by atoms with Gasteiger partial charge < -0.3 is 4.90 Å². The minimum absolute atomic E-state index is 1.13. The van der Waals surface area contributed by atoms with Crippen LogP contribution in [-0.2, 0) is 0 Å². The van der Waals surface area contributed by atoms with Crippen molar-refractivity contribution in [2.45, 2.75) is 0 Å². The molecule has 1 nitrogen and oxygen atoms in total. The van der Waals surface area contributed by atoms with Gasteiger partial charge in [-0.1, -0.05) is 152 Å². The van der Waals surface area contributed by atoms with Crippen LogP contribution in [0.3, 0.4) is 0 Å². The van der Waals surface area contributed by atoms with E-state index in [1.165, 1.54) is 95.5 Å². The van der Waals surface area contributed by atoms with Crippen molar-refractivity contribution in [2.75, 3.05) is 4.90 Å². The lowest BCUT2D eigenvalue weighted by molar-refractivity contribution is 1.32. The molecule has 0 bridgehead atoms. The number of thiophene rings is 2. The van der Waals surface area contributed by atoms with Gasteiger partial charge in [-0.2, -0.15) is 0 Å². The fourth-order valence-electron chi connectivity index (χ4n) is 8.24. The SMILES string of the molecule is c1ccc(-c2ccc(N(c3ccc(-c4cccc5c4sc4ccccc45)cc3)c3cc4ccccc4c4ccccc34)c3sc4ccccc4c23)cc1. The van der Waals surface area contributed by atoms with Gasteiger partial charge in [0, 0.05) is 46.7 Å². The number of nitrogens with zero attached hydrogens (tertiary/aromatic N) is 1. The molecule has 0 spiro atoms. The summed E-state index contributed by atoms with van der Waals surface area (Å²) in [5, 5.41) is 10.2. The molecule has 0 amide bonds. The molecule has 2 heterocycles. The maximum Gasteiger partial charge on any atom is 0.0641 e. The highest BCUT2D eigenvalue weighted by Gasteiger charge is 2.23. The molecule has 0 saturated heterocycles. The molecule has 0 aliphatic rings. The molecule has 248 valence electrons. The quantitative estimate of drug-likeness (QED) is 0.161. The van der Waals surface area contributed by atoms with Crippen molar-refractivity contribution in [3.05, 3.63) is 188 Å². The average Bonchev–Trinajstić information content (AvgIpc) is 3.81. The van der Waals surface area contributed by atoms with Crippen LogP contribution in [-0.4, -0.2) is 0 Å². The Morgan fingerprint density at radius 2 is 0.943 bits per heavy atom. The zero-order valence-electron chi connectivity index (χ0n) is 28.7. The van der Waals surface area contributed by atoms with Crippen LogP contribution in [0.1, 0.15) is 0 Å². The third kappa shape index (κ3) is 4.82.